The summed E-state index contributed by atoms with van der Waals surface area (Å²) in [5, 5.41) is 0. The van der Waals surface area contributed by atoms with Crippen LogP contribution in [0.5, 0.6) is 0 Å². The number of amides is 1. The van der Waals surface area contributed by atoms with E-state index in [1.807, 2.05) is 6.92 Å². The first-order valence-electron chi connectivity index (χ1n) is 9.16. The maximum atomic E-state index is 14.3. The van der Waals surface area contributed by atoms with Crippen LogP contribution < -0.4 is 15.4 Å². The molecule has 0 saturated carbocycles. The van der Waals surface area contributed by atoms with E-state index in [1.165, 1.54) is 17.0 Å². The number of benzene rings is 1. The van der Waals surface area contributed by atoms with Gasteiger partial charge >= 0.3 is 0 Å². The lowest BCUT2D eigenvalue weighted by Crippen LogP contribution is -2.40. The van der Waals surface area contributed by atoms with Gasteiger partial charge in [-0.15, -0.1) is 0 Å². The number of nitrogens with one attached hydrogen (secondary N) is 1. The van der Waals surface area contributed by atoms with Gasteiger partial charge in [0.05, 0.1) is 25.3 Å². The van der Waals surface area contributed by atoms with Crippen LogP contribution in [-0.4, -0.2) is 48.2 Å². The predicted octanol–water partition coefficient (Wildman–Crippen LogP) is 1.40. The van der Waals surface area contributed by atoms with Crippen LogP contribution in [0.1, 0.15) is 18.3 Å². The maximum absolute atomic E-state index is 14.3. The molecule has 4 rings (SSSR count). The molecular formula is C19H20F2N4O3. The highest BCUT2D eigenvalue weighted by molar-refractivity contribution is 5.97. The minimum absolute atomic E-state index is 0.0734. The molecule has 1 aromatic carbocycles. The molecule has 0 spiro atoms. The van der Waals surface area contributed by atoms with Crippen LogP contribution in [0.3, 0.4) is 0 Å². The Hall–Kier alpha value is -2.81. The zero-order valence-corrected chi connectivity index (χ0v) is 15.4. The second-order valence-corrected chi connectivity index (χ2v) is 7.02. The van der Waals surface area contributed by atoms with Gasteiger partial charge in [-0.1, -0.05) is 6.07 Å². The van der Waals surface area contributed by atoms with E-state index >= 15 is 0 Å². The molecule has 2 aromatic rings. The second-order valence-electron chi connectivity index (χ2n) is 7.02. The molecule has 148 valence electrons. The fourth-order valence-electron chi connectivity index (χ4n) is 3.75. The molecule has 2 aliphatic heterocycles. The summed E-state index contributed by atoms with van der Waals surface area (Å²) >= 11 is 0. The predicted molar refractivity (Wildman–Crippen MR) is 98.6 cm³/mol. The number of ether oxygens (including phenoxy) is 1. The third-order valence-electron chi connectivity index (χ3n) is 5.06. The molecule has 0 unspecified atom stereocenters. The van der Waals surface area contributed by atoms with Crippen LogP contribution >= 0.6 is 0 Å². The lowest BCUT2D eigenvalue weighted by molar-refractivity contribution is -0.118. The first-order valence-corrected chi connectivity index (χ1v) is 9.16. The van der Waals surface area contributed by atoms with Gasteiger partial charge in [0.1, 0.15) is 11.6 Å². The van der Waals surface area contributed by atoms with E-state index in [4.69, 9.17) is 4.74 Å². The summed E-state index contributed by atoms with van der Waals surface area (Å²) in [6.07, 6.45) is 0.404. The number of nitrogens with zero attached hydrogens (tertiary/aromatic N) is 3. The maximum Gasteiger partial charge on any atom is 0.289 e. The third-order valence-corrected chi connectivity index (χ3v) is 5.06. The smallest absolute Gasteiger partial charge is 0.289 e. The fraction of sp³-hybridized carbons (Fsp3) is 0.421. The second kappa shape index (κ2) is 7.31. The minimum Gasteiger partial charge on any atom is -0.378 e. The summed E-state index contributed by atoms with van der Waals surface area (Å²) in [4.78, 5) is 34.6. The molecule has 1 saturated heterocycles. The summed E-state index contributed by atoms with van der Waals surface area (Å²) in [7, 11) is 0. The Morgan fingerprint density at radius 2 is 2.07 bits per heavy atom. The Kier molecular flexibility index (Phi) is 4.84. The van der Waals surface area contributed by atoms with Crippen LogP contribution in [0.4, 0.5) is 20.3 Å². The van der Waals surface area contributed by atoms with Gasteiger partial charge in [-0.25, -0.2) is 9.37 Å². The Bertz CT molecular complexity index is 972. The molecular weight excluding hydrogens is 370 g/mol. The van der Waals surface area contributed by atoms with Gasteiger partial charge in [-0.2, -0.15) is 4.39 Å². The number of carbonyl (C=O) groups is 1. The van der Waals surface area contributed by atoms with Crippen LogP contribution in [0, 0.1) is 11.6 Å². The van der Waals surface area contributed by atoms with E-state index in [2.05, 4.69) is 9.97 Å². The fourth-order valence-corrected chi connectivity index (χ4v) is 3.75. The first kappa shape index (κ1) is 18.5. The van der Waals surface area contributed by atoms with E-state index < -0.39 is 17.2 Å². The lowest BCUT2D eigenvalue weighted by Gasteiger charge is -2.28. The lowest BCUT2D eigenvalue weighted by atomic mass is 10.1. The van der Waals surface area contributed by atoms with E-state index in [0.717, 1.165) is 5.56 Å². The van der Waals surface area contributed by atoms with Crippen molar-refractivity contribution in [1.82, 2.24) is 9.97 Å². The summed E-state index contributed by atoms with van der Waals surface area (Å²) in [5.41, 5.74) is 0.493. The molecule has 1 fully saturated rings. The molecule has 1 aromatic heterocycles. The molecule has 0 bridgehead atoms. The highest BCUT2D eigenvalue weighted by Crippen LogP contribution is 2.33. The Morgan fingerprint density at radius 1 is 1.32 bits per heavy atom. The van der Waals surface area contributed by atoms with E-state index in [0.29, 0.717) is 38.4 Å². The number of aromatic nitrogens is 2. The van der Waals surface area contributed by atoms with Crippen molar-refractivity contribution in [3.05, 3.63) is 51.6 Å². The number of halogens is 2. The number of carbonyl (C=O) groups excluding carboxylic acids is 1. The highest BCUT2D eigenvalue weighted by Gasteiger charge is 2.32. The molecule has 3 heterocycles. The average molecular weight is 390 g/mol. The van der Waals surface area contributed by atoms with Crippen molar-refractivity contribution in [3.8, 4) is 0 Å². The van der Waals surface area contributed by atoms with E-state index in [1.54, 1.807) is 11.0 Å². The van der Waals surface area contributed by atoms with Crippen molar-refractivity contribution in [2.75, 3.05) is 36.1 Å². The number of morpholine rings is 1. The summed E-state index contributed by atoms with van der Waals surface area (Å²) in [6, 6.07) is 4.22. The van der Waals surface area contributed by atoms with Gasteiger partial charge in [-0.05, 0) is 31.0 Å². The van der Waals surface area contributed by atoms with Crippen molar-refractivity contribution in [1.29, 1.82) is 0 Å². The number of hydrogen-bond donors (Lipinski definition) is 1. The minimum atomic E-state index is -0.972. The van der Waals surface area contributed by atoms with Crippen molar-refractivity contribution in [2.24, 2.45) is 0 Å². The van der Waals surface area contributed by atoms with Crippen molar-refractivity contribution >= 4 is 17.4 Å². The van der Waals surface area contributed by atoms with Crippen LogP contribution in [0.2, 0.25) is 0 Å². The Morgan fingerprint density at radius 3 is 2.82 bits per heavy atom. The van der Waals surface area contributed by atoms with Gasteiger partial charge in [0.15, 0.2) is 5.82 Å². The van der Waals surface area contributed by atoms with Crippen molar-refractivity contribution in [3.63, 3.8) is 0 Å². The van der Waals surface area contributed by atoms with Gasteiger partial charge in [0.25, 0.3) is 5.56 Å². The first-order chi connectivity index (χ1) is 13.4. The summed E-state index contributed by atoms with van der Waals surface area (Å²) < 4.78 is 33.2. The van der Waals surface area contributed by atoms with Gasteiger partial charge < -0.3 is 19.5 Å². The van der Waals surface area contributed by atoms with Crippen LogP contribution in [-0.2, 0) is 22.4 Å². The number of H-pyrrole nitrogens is 1. The highest BCUT2D eigenvalue weighted by atomic mass is 19.1. The molecule has 9 heteroatoms. The summed E-state index contributed by atoms with van der Waals surface area (Å²) in [5.74, 6) is -1.72. The third kappa shape index (κ3) is 3.37. The average Bonchev–Trinajstić information content (AvgIpc) is 3.00. The zero-order chi connectivity index (χ0) is 19.8. The number of rotatable bonds is 3. The number of fused-ring (bicyclic) bond motifs is 1. The van der Waals surface area contributed by atoms with Gasteiger partial charge in [0.2, 0.25) is 11.7 Å². The molecule has 1 amide bonds. The SMILES string of the molecule is C[C@H]1Cc2ccc(F)cc2N1C(=O)Cc1nc(N2CCOCC2)c(F)c(=O)[nH]1. The largest absolute Gasteiger partial charge is 0.378 e. The molecule has 2 aliphatic rings. The molecule has 0 aliphatic carbocycles. The van der Waals surface area contributed by atoms with Gasteiger partial charge in [-0.3, -0.25) is 9.59 Å². The standard InChI is InChI=1S/C19H20F2N4O3/c1-11-8-12-2-3-13(20)9-14(12)25(11)16(26)10-15-22-18(17(21)19(27)23-15)24-4-6-28-7-5-24/h2-3,9,11H,4-8,10H2,1H3,(H,22,23,27)/t11-/m0/s1. The molecule has 0 radical (unpaired) electrons. The number of hydrogen-bond acceptors (Lipinski definition) is 5. The van der Waals surface area contributed by atoms with E-state index in [-0.39, 0.29) is 30.0 Å². The monoisotopic (exact) mass is 390 g/mol. The topological polar surface area (TPSA) is 78.5 Å². The van der Waals surface area contributed by atoms with Crippen molar-refractivity contribution in [2.45, 2.75) is 25.8 Å². The van der Waals surface area contributed by atoms with E-state index in [9.17, 15) is 18.4 Å². The normalized spacial score (nSPS) is 19.0. The molecule has 7 nitrogen and oxygen atoms in total. The zero-order valence-electron chi connectivity index (χ0n) is 15.4. The van der Waals surface area contributed by atoms with Crippen LogP contribution in [0.25, 0.3) is 0 Å². The molecule has 1 N–H and O–H groups in total. The Labute approximate surface area is 159 Å². The number of aromatic amines is 1. The van der Waals surface area contributed by atoms with Gasteiger partial charge in [0, 0.05) is 19.1 Å². The molecule has 1 atom stereocenters. The quantitative estimate of drug-likeness (QED) is 0.857. The van der Waals surface area contributed by atoms with Crippen molar-refractivity contribution < 1.29 is 18.3 Å². The molecule has 28 heavy (non-hydrogen) atoms. The number of anilines is 2. The summed E-state index contributed by atoms with van der Waals surface area (Å²) in [6.45, 7) is 3.52. The van der Waals surface area contributed by atoms with Crippen LogP contribution in [0.15, 0.2) is 23.0 Å². The Balaban J connectivity index is 1.61.